The first-order chi connectivity index (χ1) is 21.2. The maximum absolute atomic E-state index is 14.0. The predicted octanol–water partition coefficient (Wildman–Crippen LogP) is 5.86. The molecule has 44 heavy (non-hydrogen) atoms. The van der Waals surface area contributed by atoms with Crippen molar-refractivity contribution in [2.45, 2.75) is 33.4 Å². The Morgan fingerprint density at radius 2 is 1.73 bits per heavy atom. The van der Waals surface area contributed by atoms with Crippen molar-refractivity contribution in [2.24, 2.45) is 4.99 Å². The van der Waals surface area contributed by atoms with Gasteiger partial charge in [0.2, 0.25) is 0 Å². The lowest BCUT2D eigenvalue weighted by Crippen LogP contribution is -2.39. The SMILES string of the molecule is CCOC(=O)C1=C(C)N=c2s/c(=C\c3cc(I)c(OCc4ccc(C#N)cc4)c(I)c3)c(=O)n2[C@@H]1c1ccc(OCC)cc1. The van der Waals surface area contributed by atoms with Crippen molar-refractivity contribution in [2.75, 3.05) is 13.2 Å². The highest BCUT2D eigenvalue weighted by Crippen LogP contribution is 2.32. The maximum atomic E-state index is 14.0. The molecule has 3 aromatic carbocycles. The van der Waals surface area contributed by atoms with Gasteiger partial charge in [0.1, 0.15) is 18.1 Å². The number of carbonyl (C=O) groups excluding carboxylic acids is 1. The van der Waals surface area contributed by atoms with Crippen LogP contribution in [0.2, 0.25) is 0 Å². The number of benzene rings is 3. The summed E-state index contributed by atoms with van der Waals surface area (Å²) in [4.78, 5) is 32.3. The van der Waals surface area contributed by atoms with E-state index in [9.17, 15) is 9.59 Å². The van der Waals surface area contributed by atoms with Crippen LogP contribution in [-0.4, -0.2) is 23.8 Å². The molecule has 1 aromatic heterocycles. The van der Waals surface area contributed by atoms with Crippen LogP contribution in [0.5, 0.6) is 11.5 Å². The van der Waals surface area contributed by atoms with Crippen molar-refractivity contribution >= 4 is 68.6 Å². The molecule has 1 aliphatic heterocycles. The molecule has 1 atom stereocenters. The standard InChI is InChI=1S/C33H27I2N3O5S/c1-4-41-24-12-10-23(11-13-24)29-28(32(40)42-5-2)19(3)37-33-38(29)31(39)27(44-33)16-22-14-25(34)30(26(35)15-22)43-18-21-8-6-20(17-36)7-9-21/h6-16,29H,4-5,18H2,1-3H3/b27-16-/t29-/m1/s1. The summed E-state index contributed by atoms with van der Waals surface area (Å²) < 4.78 is 21.0. The highest BCUT2D eigenvalue weighted by atomic mass is 127. The van der Waals surface area contributed by atoms with Crippen molar-refractivity contribution in [1.82, 2.24) is 4.57 Å². The van der Waals surface area contributed by atoms with E-state index in [1.807, 2.05) is 61.5 Å². The molecule has 11 heteroatoms. The number of esters is 1. The highest BCUT2D eigenvalue weighted by Gasteiger charge is 2.33. The average molecular weight is 831 g/mol. The van der Waals surface area contributed by atoms with E-state index in [1.54, 1.807) is 30.5 Å². The molecule has 0 N–H and O–H groups in total. The maximum Gasteiger partial charge on any atom is 0.338 e. The van der Waals surface area contributed by atoms with E-state index in [1.165, 1.54) is 11.3 Å². The first-order valence-electron chi connectivity index (χ1n) is 13.8. The minimum absolute atomic E-state index is 0.209. The Balaban J connectivity index is 1.52. The largest absolute Gasteiger partial charge is 0.494 e. The number of thiazole rings is 1. The van der Waals surface area contributed by atoms with Gasteiger partial charge in [-0.3, -0.25) is 9.36 Å². The van der Waals surface area contributed by atoms with E-state index in [2.05, 4.69) is 56.2 Å². The first kappa shape index (κ1) is 31.9. The van der Waals surface area contributed by atoms with Crippen molar-refractivity contribution in [3.63, 3.8) is 0 Å². The Morgan fingerprint density at radius 3 is 2.34 bits per heavy atom. The zero-order valence-corrected chi connectivity index (χ0v) is 29.2. The molecular formula is C33H27I2N3O5S. The fourth-order valence-corrected chi connectivity index (χ4v) is 7.98. The molecule has 0 radical (unpaired) electrons. The average Bonchev–Trinajstić information content (AvgIpc) is 3.30. The molecule has 8 nitrogen and oxygen atoms in total. The molecule has 4 aromatic rings. The molecule has 0 bridgehead atoms. The van der Waals surface area contributed by atoms with E-state index in [0.29, 0.717) is 45.1 Å². The van der Waals surface area contributed by atoms with Gasteiger partial charge in [-0.2, -0.15) is 5.26 Å². The van der Waals surface area contributed by atoms with Gasteiger partial charge in [0, 0.05) is 0 Å². The molecule has 2 heterocycles. The number of allylic oxidation sites excluding steroid dienone is 1. The zero-order valence-electron chi connectivity index (χ0n) is 24.1. The number of ether oxygens (including phenoxy) is 3. The molecule has 0 unspecified atom stereocenters. The highest BCUT2D eigenvalue weighted by molar-refractivity contribution is 14.1. The first-order valence-corrected chi connectivity index (χ1v) is 16.7. The van der Waals surface area contributed by atoms with Gasteiger partial charge in [-0.15, -0.1) is 0 Å². The normalized spacial score (nSPS) is 14.5. The fourth-order valence-electron chi connectivity index (χ4n) is 4.80. The van der Waals surface area contributed by atoms with Crippen LogP contribution < -0.4 is 24.4 Å². The summed E-state index contributed by atoms with van der Waals surface area (Å²) in [6, 6.07) is 20.1. The molecule has 1 aliphatic rings. The second kappa shape index (κ2) is 14.1. The number of nitriles is 1. The second-order valence-corrected chi connectivity index (χ2v) is 13.0. The Bertz CT molecular complexity index is 1950. The van der Waals surface area contributed by atoms with Gasteiger partial charge < -0.3 is 14.2 Å². The molecule has 0 fully saturated rings. The van der Waals surface area contributed by atoms with Crippen LogP contribution in [0, 0.1) is 18.5 Å². The van der Waals surface area contributed by atoms with Gasteiger partial charge in [0.05, 0.1) is 53.8 Å². The lowest BCUT2D eigenvalue weighted by atomic mass is 9.96. The minimum atomic E-state index is -0.693. The van der Waals surface area contributed by atoms with E-state index in [4.69, 9.17) is 19.5 Å². The predicted molar refractivity (Wildman–Crippen MR) is 185 cm³/mol. The molecule has 0 spiro atoms. The lowest BCUT2D eigenvalue weighted by molar-refractivity contribution is -0.139. The fraction of sp³-hybridized carbons (Fsp3) is 0.212. The summed E-state index contributed by atoms with van der Waals surface area (Å²) in [6.07, 6.45) is 1.84. The monoisotopic (exact) mass is 831 g/mol. The summed E-state index contributed by atoms with van der Waals surface area (Å²) >= 11 is 5.75. The van der Waals surface area contributed by atoms with E-state index >= 15 is 0 Å². The molecule has 0 aliphatic carbocycles. The van der Waals surface area contributed by atoms with Crippen LogP contribution in [0.15, 0.2) is 81.7 Å². The smallest absolute Gasteiger partial charge is 0.338 e. The number of hydrogen-bond donors (Lipinski definition) is 0. The number of hydrogen-bond acceptors (Lipinski definition) is 8. The van der Waals surface area contributed by atoms with E-state index in [-0.39, 0.29) is 12.2 Å². The van der Waals surface area contributed by atoms with Crippen LogP contribution in [0.25, 0.3) is 6.08 Å². The van der Waals surface area contributed by atoms with Crippen LogP contribution >= 0.6 is 56.5 Å². The van der Waals surface area contributed by atoms with Crippen LogP contribution in [-0.2, 0) is 16.1 Å². The molecule has 0 saturated carbocycles. The summed E-state index contributed by atoms with van der Waals surface area (Å²) in [5.74, 6) is 0.956. The van der Waals surface area contributed by atoms with Crippen LogP contribution in [0.3, 0.4) is 0 Å². The summed E-state index contributed by atoms with van der Waals surface area (Å²) in [5, 5.41) is 9.03. The third kappa shape index (κ3) is 6.77. The minimum Gasteiger partial charge on any atom is -0.494 e. The Kier molecular flexibility index (Phi) is 10.2. The molecule has 5 rings (SSSR count). The van der Waals surface area contributed by atoms with Crippen molar-refractivity contribution in [3.8, 4) is 17.6 Å². The molecule has 224 valence electrons. The second-order valence-electron chi connectivity index (χ2n) is 9.72. The number of nitrogens with zero attached hydrogens (tertiary/aromatic N) is 3. The van der Waals surface area contributed by atoms with Gasteiger partial charge in [-0.25, -0.2) is 9.79 Å². The third-order valence-corrected chi connectivity index (χ3v) is 9.39. The van der Waals surface area contributed by atoms with Gasteiger partial charge in [0.15, 0.2) is 4.80 Å². The number of carbonyl (C=O) groups is 1. The Hall–Kier alpha value is -3.48. The summed E-state index contributed by atoms with van der Waals surface area (Å²) in [7, 11) is 0. The summed E-state index contributed by atoms with van der Waals surface area (Å²) in [6.45, 7) is 6.54. The van der Waals surface area contributed by atoms with Crippen molar-refractivity contribution < 1.29 is 19.0 Å². The molecule has 0 amide bonds. The summed E-state index contributed by atoms with van der Waals surface area (Å²) in [5.41, 5.74) is 3.77. The zero-order chi connectivity index (χ0) is 31.4. The van der Waals surface area contributed by atoms with Gasteiger partial charge in [-0.1, -0.05) is 35.6 Å². The number of fused-ring (bicyclic) bond motifs is 1. The van der Waals surface area contributed by atoms with Gasteiger partial charge >= 0.3 is 5.97 Å². The van der Waals surface area contributed by atoms with Crippen LogP contribution in [0.4, 0.5) is 0 Å². The lowest BCUT2D eigenvalue weighted by Gasteiger charge is -2.24. The van der Waals surface area contributed by atoms with E-state index in [0.717, 1.165) is 29.6 Å². The van der Waals surface area contributed by atoms with Crippen molar-refractivity contribution in [1.29, 1.82) is 5.26 Å². The topological polar surface area (TPSA) is 103 Å². The van der Waals surface area contributed by atoms with Gasteiger partial charge in [0.25, 0.3) is 5.56 Å². The third-order valence-electron chi connectivity index (χ3n) is 6.81. The van der Waals surface area contributed by atoms with Gasteiger partial charge in [-0.05, 0) is 125 Å². The quantitative estimate of drug-likeness (QED) is 0.155. The van der Waals surface area contributed by atoms with Crippen LogP contribution in [0.1, 0.15) is 49.1 Å². The number of rotatable bonds is 9. The Labute approximate surface area is 285 Å². The van der Waals surface area contributed by atoms with E-state index < -0.39 is 12.0 Å². The Morgan fingerprint density at radius 1 is 1.05 bits per heavy atom. The number of halogens is 2. The molecular weight excluding hydrogens is 804 g/mol. The number of aromatic nitrogens is 1. The van der Waals surface area contributed by atoms with Crippen molar-refractivity contribution in [3.05, 3.63) is 121 Å². The molecule has 0 saturated heterocycles.